The van der Waals surface area contributed by atoms with Gasteiger partial charge in [-0.25, -0.2) is 0 Å². The van der Waals surface area contributed by atoms with Crippen molar-refractivity contribution in [2.45, 2.75) is 12.6 Å². The topological polar surface area (TPSA) is 21.3 Å². The molecule has 92 valence electrons. The number of hydrogen-bond donors (Lipinski definition) is 1. The Labute approximate surface area is 121 Å². The maximum absolute atomic E-state index is 5.64. The van der Waals surface area contributed by atoms with Gasteiger partial charge in [0.1, 0.15) is 0 Å². The molecule has 1 aliphatic rings. The minimum absolute atomic E-state index is 0.245. The number of rotatable bonds is 2. The lowest BCUT2D eigenvalue weighted by Crippen LogP contribution is -2.23. The summed E-state index contributed by atoms with van der Waals surface area (Å²) < 4.78 is 6.89. The number of ether oxygens (including phenoxy) is 1. The Bertz CT molecular complexity index is 538. The highest BCUT2D eigenvalue weighted by Gasteiger charge is 2.19. The van der Waals surface area contributed by atoms with Gasteiger partial charge in [0.15, 0.2) is 0 Å². The second kappa shape index (κ2) is 5.28. The van der Waals surface area contributed by atoms with Crippen LogP contribution in [0.3, 0.4) is 0 Å². The van der Waals surface area contributed by atoms with Crippen molar-refractivity contribution in [1.29, 1.82) is 0 Å². The average molecular weight is 351 g/mol. The van der Waals surface area contributed by atoms with E-state index in [0.717, 1.165) is 18.9 Å². The van der Waals surface area contributed by atoms with Crippen molar-refractivity contribution >= 4 is 28.3 Å². The first-order valence-electron chi connectivity index (χ1n) is 6.00. The van der Waals surface area contributed by atoms with Gasteiger partial charge in [-0.05, 0) is 58.0 Å². The average Bonchev–Trinajstić information content (AvgIpc) is 2.42. The molecule has 0 fully saturated rings. The predicted octanol–water partition coefficient (Wildman–Crippen LogP) is 3.97. The van der Waals surface area contributed by atoms with Crippen molar-refractivity contribution in [2.24, 2.45) is 0 Å². The molecule has 3 heteroatoms. The molecule has 3 rings (SSSR count). The number of fused-ring (bicyclic) bond motifs is 1. The maximum atomic E-state index is 5.64. The molecule has 2 aromatic carbocycles. The van der Waals surface area contributed by atoms with Crippen LogP contribution < -0.4 is 5.32 Å². The van der Waals surface area contributed by atoms with Gasteiger partial charge in [0.2, 0.25) is 0 Å². The number of anilines is 1. The van der Waals surface area contributed by atoms with Crippen molar-refractivity contribution < 1.29 is 4.74 Å². The zero-order valence-corrected chi connectivity index (χ0v) is 12.1. The number of nitrogens with one attached hydrogen (secondary N) is 1. The van der Waals surface area contributed by atoms with E-state index in [2.05, 4.69) is 76.4 Å². The van der Waals surface area contributed by atoms with Crippen molar-refractivity contribution in [3.63, 3.8) is 0 Å². The summed E-state index contributed by atoms with van der Waals surface area (Å²) in [7, 11) is 0. The second-order valence-electron chi connectivity index (χ2n) is 4.42. The molecule has 2 aromatic rings. The summed E-state index contributed by atoms with van der Waals surface area (Å²) in [5.41, 5.74) is 3.77. The van der Waals surface area contributed by atoms with Crippen molar-refractivity contribution in [3.05, 3.63) is 63.2 Å². The van der Waals surface area contributed by atoms with E-state index in [-0.39, 0.29) is 6.04 Å². The minimum atomic E-state index is 0.245. The van der Waals surface area contributed by atoms with Gasteiger partial charge in [-0.15, -0.1) is 0 Å². The molecule has 0 aromatic heterocycles. The molecule has 0 saturated carbocycles. The third-order valence-electron chi connectivity index (χ3n) is 3.16. The largest absolute Gasteiger partial charge is 0.376 e. The SMILES string of the molecule is Ic1ccc(NC2COCc3ccccc32)cc1. The quantitative estimate of drug-likeness (QED) is 0.827. The molecule has 1 N–H and O–H groups in total. The van der Waals surface area contributed by atoms with E-state index < -0.39 is 0 Å². The van der Waals surface area contributed by atoms with Gasteiger partial charge < -0.3 is 10.1 Å². The molecule has 0 aliphatic carbocycles. The third-order valence-corrected chi connectivity index (χ3v) is 3.88. The number of halogens is 1. The number of benzene rings is 2. The highest BCUT2D eigenvalue weighted by Crippen LogP contribution is 2.27. The van der Waals surface area contributed by atoms with Crippen molar-refractivity contribution in [3.8, 4) is 0 Å². The Kier molecular flexibility index (Phi) is 3.52. The Hall–Kier alpha value is -1.07. The first kappa shape index (κ1) is 12.0. The van der Waals surface area contributed by atoms with Crippen LogP contribution in [0.15, 0.2) is 48.5 Å². The zero-order valence-electron chi connectivity index (χ0n) is 9.90. The molecule has 1 heterocycles. The Morgan fingerprint density at radius 2 is 1.83 bits per heavy atom. The summed E-state index contributed by atoms with van der Waals surface area (Å²) >= 11 is 2.32. The van der Waals surface area contributed by atoms with Gasteiger partial charge in [0.05, 0.1) is 19.3 Å². The van der Waals surface area contributed by atoms with E-state index in [0.29, 0.717) is 0 Å². The van der Waals surface area contributed by atoms with Gasteiger partial charge in [-0.1, -0.05) is 24.3 Å². The molecule has 0 bridgehead atoms. The molecular formula is C15H14INO. The Morgan fingerprint density at radius 1 is 1.06 bits per heavy atom. The van der Waals surface area contributed by atoms with E-state index in [9.17, 15) is 0 Å². The van der Waals surface area contributed by atoms with Crippen LogP contribution in [0, 0.1) is 3.57 Å². The van der Waals surface area contributed by atoms with Crippen LogP contribution in [0.25, 0.3) is 0 Å². The fourth-order valence-electron chi connectivity index (χ4n) is 2.25. The molecule has 18 heavy (non-hydrogen) atoms. The maximum Gasteiger partial charge on any atom is 0.0751 e. The minimum Gasteiger partial charge on any atom is -0.376 e. The van der Waals surface area contributed by atoms with E-state index in [1.54, 1.807) is 0 Å². The Morgan fingerprint density at radius 3 is 2.67 bits per heavy atom. The van der Waals surface area contributed by atoms with Gasteiger partial charge in [-0.3, -0.25) is 0 Å². The van der Waals surface area contributed by atoms with Crippen LogP contribution in [0.1, 0.15) is 17.2 Å². The van der Waals surface area contributed by atoms with Crippen LogP contribution >= 0.6 is 22.6 Å². The van der Waals surface area contributed by atoms with Crippen LogP contribution in [-0.4, -0.2) is 6.61 Å². The van der Waals surface area contributed by atoms with Crippen LogP contribution in [0.4, 0.5) is 5.69 Å². The summed E-state index contributed by atoms with van der Waals surface area (Å²) in [4.78, 5) is 0. The molecule has 0 amide bonds. The van der Waals surface area contributed by atoms with Crippen LogP contribution in [0.2, 0.25) is 0 Å². The lowest BCUT2D eigenvalue weighted by molar-refractivity contribution is 0.0970. The molecule has 0 spiro atoms. The normalized spacial score (nSPS) is 18.2. The summed E-state index contributed by atoms with van der Waals surface area (Å²) in [6, 6.07) is 17.2. The van der Waals surface area contributed by atoms with Gasteiger partial charge in [0.25, 0.3) is 0 Å². The molecule has 1 aliphatic heterocycles. The summed E-state index contributed by atoms with van der Waals surface area (Å²) in [5.74, 6) is 0. The molecule has 1 atom stereocenters. The second-order valence-corrected chi connectivity index (χ2v) is 5.66. The summed E-state index contributed by atoms with van der Waals surface area (Å²) in [6.07, 6.45) is 0. The zero-order chi connectivity index (χ0) is 12.4. The van der Waals surface area contributed by atoms with Crippen LogP contribution in [-0.2, 0) is 11.3 Å². The van der Waals surface area contributed by atoms with Crippen molar-refractivity contribution in [2.75, 3.05) is 11.9 Å². The lowest BCUT2D eigenvalue weighted by atomic mass is 9.99. The predicted molar refractivity (Wildman–Crippen MR) is 81.6 cm³/mol. The standard InChI is InChI=1S/C15H14INO/c16-12-5-7-13(8-6-12)17-15-10-18-9-11-3-1-2-4-14(11)15/h1-8,15,17H,9-10H2. The highest BCUT2D eigenvalue weighted by atomic mass is 127. The van der Waals surface area contributed by atoms with Crippen LogP contribution in [0.5, 0.6) is 0 Å². The highest BCUT2D eigenvalue weighted by molar-refractivity contribution is 14.1. The van der Waals surface area contributed by atoms with Crippen molar-refractivity contribution in [1.82, 2.24) is 0 Å². The molecule has 2 nitrogen and oxygen atoms in total. The fourth-order valence-corrected chi connectivity index (χ4v) is 2.61. The summed E-state index contributed by atoms with van der Waals surface area (Å²) in [5, 5.41) is 3.54. The first-order valence-corrected chi connectivity index (χ1v) is 7.08. The summed E-state index contributed by atoms with van der Waals surface area (Å²) in [6.45, 7) is 1.45. The van der Waals surface area contributed by atoms with E-state index >= 15 is 0 Å². The molecule has 0 saturated heterocycles. The van der Waals surface area contributed by atoms with E-state index in [1.165, 1.54) is 14.7 Å². The lowest BCUT2D eigenvalue weighted by Gasteiger charge is -2.27. The first-order chi connectivity index (χ1) is 8.83. The smallest absolute Gasteiger partial charge is 0.0751 e. The van der Waals surface area contributed by atoms with Gasteiger partial charge in [0, 0.05) is 9.26 Å². The van der Waals surface area contributed by atoms with E-state index in [1.807, 2.05) is 0 Å². The van der Waals surface area contributed by atoms with E-state index in [4.69, 9.17) is 4.74 Å². The van der Waals surface area contributed by atoms with Gasteiger partial charge >= 0.3 is 0 Å². The monoisotopic (exact) mass is 351 g/mol. The van der Waals surface area contributed by atoms with Gasteiger partial charge in [-0.2, -0.15) is 0 Å². The molecule has 0 radical (unpaired) electrons. The molecule has 1 unspecified atom stereocenters. The third kappa shape index (κ3) is 2.52. The fraction of sp³-hybridized carbons (Fsp3) is 0.200. The Balaban J connectivity index is 1.84. The molecular weight excluding hydrogens is 337 g/mol. The number of hydrogen-bond acceptors (Lipinski definition) is 2.